The third kappa shape index (κ3) is 7.47. The maximum Gasteiger partial charge on any atom is 0.271 e. The Morgan fingerprint density at radius 2 is 1.81 bits per heavy atom. The van der Waals surface area contributed by atoms with Crippen molar-refractivity contribution in [1.29, 1.82) is 0 Å². The fourth-order valence-corrected chi connectivity index (χ4v) is 3.63. The molecule has 0 bridgehead atoms. The van der Waals surface area contributed by atoms with Crippen molar-refractivity contribution in [2.45, 2.75) is 13.8 Å². The van der Waals surface area contributed by atoms with Gasteiger partial charge in [0.1, 0.15) is 5.75 Å². The maximum atomic E-state index is 12.6. The molecule has 3 rings (SSSR count). The number of nitrogens with one attached hydrogen (secondary N) is 2. The Hall–Kier alpha value is -3.56. The van der Waals surface area contributed by atoms with E-state index in [1.54, 1.807) is 48.5 Å². The van der Waals surface area contributed by atoms with Gasteiger partial charge >= 0.3 is 0 Å². The minimum Gasteiger partial charge on any atom is -0.493 e. The number of nitrogens with zero attached hydrogens (tertiary/aromatic N) is 1. The van der Waals surface area contributed by atoms with Gasteiger partial charge in [0.15, 0.2) is 18.1 Å². The van der Waals surface area contributed by atoms with Crippen LogP contribution in [0.2, 0.25) is 5.02 Å². The first-order chi connectivity index (χ1) is 17.3. The van der Waals surface area contributed by atoms with Crippen LogP contribution in [0.5, 0.6) is 17.2 Å². The zero-order chi connectivity index (χ0) is 26.1. The second-order valence-corrected chi connectivity index (χ2v) is 8.80. The molecule has 2 N–H and O–H groups in total. The summed E-state index contributed by atoms with van der Waals surface area (Å²) in [6, 6.07) is 15.3. The van der Waals surface area contributed by atoms with Gasteiger partial charge in [0.25, 0.3) is 11.8 Å². The first kappa shape index (κ1) is 27.0. The monoisotopic (exact) mass is 573 g/mol. The molecule has 0 saturated carbocycles. The van der Waals surface area contributed by atoms with Gasteiger partial charge in [-0.1, -0.05) is 33.6 Å². The number of hydrazone groups is 1. The van der Waals surface area contributed by atoms with E-state index < -0.39 is 5.91 Å². The quantitative estimate of drug-likeness (QED) is 0.243. The number of ether oxygens (including phenoxy) is 3. The largest absolute Gasteiger partial charge is 0.493 e. The van der Waals surface area contributed by atoms with Crippen LogP contribution in [0.1, 0.15) is 28.4 Å². The molecule has 0 unspecified atom stereocenters. The number of aryl methyl sites for hydroxylation is 1. The fourth-order valence-electron chi connectivity index (χ4n) is 3.07. The zero-order valence-electron chi connectivity index (χ0n) is 19.9. The first-order valence-corrected chi connectivity index (χ1v) is 12.1. The van der Waals surface area contributed by atoms with E-state index in [1.165, 1.54) is 13.3 Å². The minimum atomic E-state index is -0.427. The molecule has 36 heavy (non-hydrogen) atoms. The summed E-state index contributed by atoms with van der Waals surface area (Å²) in [4.78, 5) is 24.9. The molecule has 0 aliphatic carbocycles. The Labute approximate surface area is 222 Å². The molecule has 0 fully saturated rings. The molecule has 188 valence electrons. The lowest BCUT2D eigenvalue weighted by atomic mass is 10.2. The summed E-state index contributed by atoms with van der Waals surface area (Å²) in [5.74, 6) is 0.631. The molecular weight excluding hydrogens is 550 g/mol. The normalized spacial score (nSPS) is 10.7. The molecule has 2 amide bonds. The average molecular weight is 575 g/mol. The van der Waals surface area contributed by atoms with Crippen LogP contribution in [0.15, 0.2) is 64.2 Å². The number of amides is 2. The Bertz CT molecular complexity index is 1280. The summed E-state index contributed by atoms with van der Waals surface area (Å²) >= 11 is 9.51. The van der Waals surface area contributed by atoms with Crippen molar-refractivity contribution in [1.82, 2.24) is 5.43 Å². The molecule has 3 aromatic carbocycles. The van der Waals surface area contributed by atoms with Crippen molar-refractivity contribution in [3.63, 3.8) is 0 Å². The van der Waals surface area contributed by atoms with Crippen LogP contribution in [-0.4, -0.2) is 38.4 Å². The Balaban J connectivity index is 1.64. The highest BCUT2D eigenvalue weighted by Crippen LogP contribution is 2.28. The van der Waals surface area contributed by atoms with E-state index in [9.17, 15) is 9.59 Å². The number of methoxy groups -OCH3 is 1. The average Bonchev–Trinajstić information content (AvgIpc) is 2.86. The van der Waals surface area contributed by atoms with Crippen molar-refractivity contribution in [3.05, 3.63) is 80.8 Å². The minimum absolute atomic E-state index is 0.230. The van der Waals surface area contributed by atoms with Crippen LogP contribution in [0.4, 0.5) is 5.69 Å². The number of hydrogen-bond donors (Lipinski definition) is 2. The Kier molecular flexibility index (Phi) is 9.72. The topological polar surface area (TPSA) is 98.3 Å². The smallest absolute Gasteiger partial charge is 0.271 e. The predicted molar refractivity (Wildman–Crippen MR) is 144 cm³/mol. The van der Waals surface area contributed by atoms with E-state index in [-0.39, 0.29) is 12.5 Å². The molecule has 3 aromatic rings. The molecule has 0 saturated heterocycles. The predicted octanol–water partition coefficient (Wildman–Crippen LogP) is 5.60. The van der Waals surface area contributed by atoms with E-state index >= 15 is 0 Å². The van der Waals surface area contributed by atoms with Gasteiger partial charge in [0, 0.05) is 26.3 Å². The van der Waals surface area contributed by atoms with Crippen molar-refractivity contribution >= 4 is 51.2 Å². The van der Waals surface area contributed by atoms with Crippen LogP contribution >= 0.6 is 27.5 Å². The lowest BCUT2D eigenvalue weighted by molar-refractivity contribution is -0.118. The highest BCUT2D eigenvalue weighted by Gasteiger charge is 2.12. The van der Waals surface area contributed by atoms with Crippen LogP contribution in [-0.2, 0) is 4.79 Å². The van der Waals surface area contributed by atoms with E-state index in [2.05, 4.69) is 31.8 Å². The summed E-state index contributed by atoms with van der Waals surface area (Å²) in [5, 5.41) is 7.34. The van der Waals surface area contributed by atoms with Crippen LogP contribution in [0.25, 0.3) is 0 Å². The van der Waals surface area contributed by atoms with Crippen molar-refractivity contribution < 1.29 is 23.8 Å². The van der Waals surface area contributed by atoms with Crippen molar-refractivity contribution in [2.24, 2.45) is 5.10 Å². The third-order valence-electron chi connectivity index (χ3n) is 4.88. The Morgan fingerprint density at radius 3 is 2.53 bits per heavy atom. The number of hydrogen-bond acceptors (Lipinski definition) is 6. The lowest BCUT2D eigenvalue weighted by Crippen LogP contribution is -2.20. The van der Waals surface area contributed by atoms with Gasteiger partial charge in [-0.3, -0.25) is 9.59 Å². The number of anilines is 1. The molecule has 10 heteroatoms. The van der Waals surface area contributed by atoms with Gasteiger partial charge in [-0.15, -0.1) is 0 Å². The van der Waals surface area contributed by atoms with Gasteiger partial charge in [0.2, 0.25) is 0 Å². The highest BCUT2D eigenvalue weighted by atomic mass is 79.9. The van der Waals surface area contributed by atoms with E-state index in [0.717, 1.165) is 10.0 Å². The van der Waals surface area contributed by atoms with E-state index in [4.69, 9.17) is 25.8 Å². The summed E-state index contributed by atoms with van der Waals surface area (Å²) in [5.41, 5.74) is 4.88. The first-order valence-electron chi connectivity index (χ1n) is 10.9. The van der Waals surface area contributed by atoms with Crippen molar-refractivity contribution in [2.75, 3.05) is 25.6 Å². The summed E-state index contributed by atoms with van der Waals surface area (Å²) < 4.78 is 17.2. The van der Waals surface area contributed by atoms with Crippen LogP contribution in [0.3, 0.4) is 0 Å². The van der Waals surface area contributed by atoms with Gasteiger partial charge in [-0.2, -0.15) is 5.10 Å². The van der Waals surface area contributed by atoms with Gasteiger partial charge < -0.3 is 19.5 Å². The zero-order valence-corrected chi connectivity index (χ0v) is 22.3. The van der Waals surface area contributed by atoms with Crippen LogP contribution < -0.4 is 25.0 Å². The van der Waals surface area contributed by atoms with Gasteiger partial charge in [-0.25, -0.2) is 5.43 Å². The number of rotatable bonds is 10. The summed E-state index contributed by atoms with van der Waals surface area (Å²) in [7, 11) is 1.53. The summed E-state index contributed by atoms with van der Waals surface area (Å²) in [6.45, 7) is 3.93. The van der Waals surface area contributed by atoms with E-state index in [0.29, 0.717) is 45.7 Å². The second-order valence-electron chi connectivity index (χ2n) is 7.48. The second kappa shape index (κ2) is 12.9. The molecular formula is C26H25BrClN3O5. The number of carbonyl (C=O) groups excluding carboxylic acids is 2. The number of benzene rings is 3. The molecule has 0 heterocycles. The van der Waals surface area contributed by atoms with Gasteiger partial charge in [-0.05, 0) is 67.9 Å². The molecule has 0 aromatic heterocycles. The number of halogens is 2. The fraction of sp³-hybridized carbons (Fsp3) is 0.192. The molecule has 0 spiro atoms. The highest BCUT2D eigenvalue weighted by molar-refractivity contribution is 9.10. The molecule has 8 nitrogen and oxygen atoms in total. The van der Waals surface area contributed by atoms with Crippen molar-refractivity contribution in [3.8, 4) is 17.2 Å². The maximum absolute atomic E-state index is 12.6. The third-order valence-corrected chi connectivity index (χ3v) is 5.78. The standard InChI is InChI=1S/C26H25BrClN3O5/c1-4-35-24-12-17(6-9-23(24)34-3)26(33)31-29-14-18-11-19(27)7-10-22(18)36-15-25(32)30-20-8-5-16(2)21(28)13-20/h5-14H,4,15H2,1-3H3,(H,30,32)(H,31,33)/b29-14+. The molecule has 0 aliphatic heterocycles. The van der Waals surface area contributed by atoms with E-state index in [1.807, 2.05) is 19.9 Å². The summed E-state index contributed by atoms with van der Waals surface area (Å²) in [6.07, 6.45) is 1.43. The molecule has 0 atom stereocenters. The van der Waals surface area contributed by atoms with Gasteiger partial charge in [0.05, 0.1) is 19.9 Å². The van der Waals surface area contributed by atoms with Crippen LogP contribution in [0, 0.1) is 6.92 Å². The molecule has 0 radical (unpaired) electrons. The Morgan fingerprint density at radius 1 is 1.03 bits per heavy atom. The molecule has 0 aliphatic rings. The SMILES string of the molecule is CCOc1cc(C(=O)N/N=C/c2cc(Br)ccc2OCC(=O)Nc2ccc(C)c(Cl)c2)ccc1OC. The lowest BCUT2D eigenvalue weighted by Gasteiger charge is -2.11. The number of carbonyl (C=O) groups is 2.